The number of benzene rings is 2. The summed E-state index contributed by atoms with van der Waals surface area (Å²) < 4.78 is 38.8. The first kappa shape index (κ1) is 28.7. The molecule has 0 bridgehead atoms. The molecule has 40 heavy (non-hydrogen) atoms. The van der Waals surface area contributed by atoms with Crippen LogP contribution in [0.15, 0.2) is 54.6 Å². The summed E-state index contributed by atoms with van der Waals surface area (Å²) >= 11 is 0. The van der Waals surface area contributed by atoms with Crippen LogP contribution in [0.25, 0.3) is 6.08 Å². The predicted molar refractivity (Wildman–Crippen MR) is 154 cm³/mol. The third-order valence-corrected chi connectivity index (χ3v) is 8.88. The molecule has 2 aromatic carbocycles. The highest BCUT2D eigenvalue weighted by molar-refractivity contribution is 5.92. The summed E-state index contributed by atoms with van der Waals surface area (Å²) in [6.45, 7) is 6.65. The second kappa shape index (κ2) is 12.8. The largest absolute Gasteiger partial charge is 0.416 e. The minimum atomic E-state index is -4.37. The molecule has 5 rings (SSSR count). The highest BCUT2D eigenvalue weighted by atomic mass is 19.4. The maximum atomic E-state index is 13.6. The maximum absolute atomic E-state index is 13.6. The Balaban J connectivity index is 1.28. The second-order valence-corrected chi connectivity index (χ2v) is 11.6. The third-order valence-electron chi connectivity index (χ3n) is 8.88. The number of nitrogens with zero attached hydrogens (tertiary/aromatic N) is 4. The molecule has 1 saturated carbocycles. The van der Waals surface area contributed by atoms with Gasteiger partial charge in [-0.15, -0.1) is 0 Å². The van der Waals surface area contributed by atoms with Gasteiger partial charge in [0.2, 0.25) is 5.91 Å². The van der Waals surface area contributed by atoms with Crippen LogP contribution in [0.3, 0.4) is 0 Å². The highest BCUT2D eigenvalue weighted by Gasteiger charge is 2.32. The topological polar surface area (TPSA) is 30.0 Å². The van der Waals surface area contributed by atoms with E-state index in [0.29, 0.717) is 18.2 Å². The molecular formula is C32H41F3N4O. The van der Waals surface area contributed by atoms with Gasteiger partial charge in [0, 0.05) is 69.7 Å². The van der Waals surface area contributed by atoms with Gasteiger partial charge in [0.25, 0.3) is 0 Å². The number of carbonyl (C=O) groups is 1. The average Bonchev–Trinajstić information content (AvgIpc) is 3.51. The Kier molecular flexibility index (Phi) is 9.16. The fourth-order valence-corrected chi connectivity index (χ4v) is 6.34. The number of rotatable bonds is 7. The maximum Gasteiger partial charge on any atom is 0.416 e. The lowest BCUT2D eigenvalue weighted by Gasteiger charge is -2.40. The number of amides is 1. The molecule has 0 aromatic heterocycles. The number of piperazine rings is 1. The summed E-state index contributed by atoms with van der Waals surface area (Å²) in [6.07, 6.45) is 5.84. The number of anilines is 1. The molecule has 0 unspecified atom stereocenters. The number of hydrogen-bond donors (Lipinski definition) is 0. The van der Waals surface area contributed by atoms with Crippen molar-refractivity contribution in [3.05, 3.63) is 71.3 Å². The summed E-state index contributed by atoms with van der Waals surface area (Å²) in [6, 6.07) is 14.3. The van der Waals surface area contributed by atoms with Crippen LogP contribution in [0.1, 0.15) is 55.2 Å². The van der Waals surface area contributed by atoms with Crippen molar-refractivity contribution in [2.24, 2.45) is 0 Å². The molecule has 5 nitrogen and oxygen atoms in total. The molecular weight excluding hydrogens is 513 g/mol. The van der Waals surface area contributed by atoms with Gasteiger partial charge in [-0.05, 0) is 74.2 Å². The molecule has 0 spiro atoms. The summed E-state index contributed by atoms with van der Waals surface area (Å²) in [4.78, 5) is 22.9. The molecule has 2 saturated heterocycles. The average molecular weight is 555 g/mol. The minimum absolute atomic E-state index is 0.0950. The lowest BCUT2D eigenvalue weighted by Crippen LogP contribution is -2.48. The quantitative estimate of drug-likeness (QED) is 0.399. The Bertz CT molecular complexity index is 1130. The molecule has 3 aliphatic rings. The van der Waals surface area contributed by atoms with Crippen molar-refractivity contribution in [1.82, 2.24) is 14.7 Å². The second-order valence-electron chi connectivity index (χ2n) is 11.6. The first-order valence-electron chi connectivity index (χ1n) is 14.7. The fourth-order valence-electron chi connectivity index (χ4n) is 6.34. The van der Waals surface area contributed by atoms with Gasteiger partial charge in [-0.25, -0.2) is 0 Å². The molecule has 8 heteroatoms. The summed E-state index contributed by atoms with van der Waals surface area (Å²) in [7, 11) is 2.15. The zero-order valence-electron chi connectivity index (χ0n) is 23.5. The Labute approximate surface area is 236 Å². The SMILES string of the molecule is CN1CCN(c2ccc(CN(C(=O)/C=C/c3ccc(C(F)(F)F)cc3)C3CCN(C4CCCC4)CC3)cc2)CC1. The van der Waals surface area contributed by atoms with Gasteiger partial charge in [0.05, 0.1) is 5.56 Å². The Morgan fingerprint density at radius 3 is 2.10 bits per heavy atom. The van der Waals surface area contributed by atoms with Crippen LogP contribution in [0, 0.1) is 0 Å². The monoisotopic (exact) mass is 554 g/mol. The third kappa shape index (κ3) is 7.26. The number of alkyl halides is 3. The van der Waals surface area contributed by atoms with E-state index < -0.39 is 11.7 Å². The standard InChI is InChI=1S/C32H41F3N4O/c1-36-20-22-38(23-21-36)29-13-8-26(9-14-29)24-39(30-16-18-37(19-17-30)28-4-2-3-5-28)31(40)15-10-25-6-11-27(12-7-25)32(33,34)35/h6-15,28,30H,2-5,16-24H2,1H3/b15-10+. The number of hydrogen-bond acceptors (Lipinski definition) is 4. The van der Waals surface area contributed by atoms with Gasteiger partial charge in [-0.2, -0.15) is 13.2 Å². The zero-order valence-corrected chi connectivity index (χ0v) is 23.5. The van der Waals surface area contributed by atoms with Crippen LogP contribution in [-0.4, -0.2) is 79.0 Å². The summed E-state index contributed by atoms with van der Waals surface area (Å²) in [5.41, 5.74) is 2.19. The molecule has 2 aliphatic heterocycles. The van der Waals surface area contributed by atoms with Crippen LogP contribution in [0.5, 0.6) is 0 Å². The van der Waals surface area contributed by atoms with E-state index in [4.69, 9.17) is 0 Å². The van der Waals surface area contributed by atoms with Gasteiger partial charge in [0.1, 0.15) is 0 Å². The van der Waals surface area contributed by atoms with Crippen molar-refractivity contribution >= 4 is 17.7 Å². The molecule has 1 amide bonds. The van der Waals surface area contributed by atoms with Gasteiger partial charge in [-0.1, -0.05) is 37.1 Å². The Hall–Kier alpha value is -2.84. The van der Waals surface area contributed by atoms with Crippen LogP contribution in [0.2, 0.25) is 0 Å². The molecule has 216 valence electrons. The van der Waals surface area contributed by atoms with E-state index >= 15 is 0 Å². The summed E-state index contributed by atoms with van der Waals surface area (Å²) in [5.74, 6) is -0.0950. The van der Waals surface area contributed by atoms with E-state index in [1.54, 1.807) is 6.08 Å². The van der Waals surface area contributed by atoms with Crippen LogP contribution in [0.4, 0.5) is 18.9 Å². The number of halogens is 3. The van der Waals surface area contributed by atoms with Crippen molar-refractivity contribution < 1.29 is 18.0 Å². The minimum Gasteiger partial charge on any atom is -0.369 e. The van der Waals surface area contributed by atoms with E-state index in [9.17, 15) is 18.0 Å². The molecule has 0 radical (unpaired) electrons. The first-order chi connectivity index (χ1) is 19.3. The van der Waals surface area contributed by atoms with Gasteiger partial charge in [-0.3, -0.25) is 4.79 Å². The number of likely N-dealkylation sites (tertiary alicyclic amines) is 1. The lowest BCUT2D eigenvalue weighted by atomic mass is 9.99. The summed E-state index contributed by atoms with van der Waals surface area (Å²) in [5, 5.41) is 0. The normalized spacial score (nSPS) is 20.4. The van der Waals surface area contributed by atoms with Crippen LogP contribution in [-0.2, 0) is 17.5 Å². The number of piperidine rings is 1. The molecule has 2 heterocycles. The lowest BCUT2D eigenvalue weighted by molar-refractivity contribution is -0.137. The predicted octanol–water partition coefficient (Wildman–Crippen LogP) is 5.91. The van der Waals surface area contributed by atoms with Gasteiger partial charge < -0.3 is 19.6 Å². The first-order valence-corrected chi connectivity index (χ1v) is 14.7. The van der Waals surface area contributed by atoms with Crippen molar-refractivity contribution in [2.45, 2.75) is 63.3 Å². The van der Waals surface area contributed by atoms with E-state index in [-0.39, 0.29) is 11.9 Å². The zero-order chi connectivity index (χ0) is 28.1. The number of likely N-dealkylation sites (N-methyl/N-ethyl adjacent to an activating group) is 1. The molecule has 0 atom stereocenters. The van der Waals surface area contributed by atoms with Crippen molar-refractivity contribution in [1.29, 1.82) is 0 Å². The highest BCUT2D eigenvalue weighted by Crippen LogP contribution is 2.30. The molecule has 0 N–H and O–H groups in total. The van der Waals surface area contributed by atoms with E-state index in [1.165, 1.54) is 49.6 Å². The Morgan fingerprint density at radius 2 is 1.50 bits per heavy atom. The van der Waals surface area contributed by atoms with E-state index in [0.717, 1.165) is 69.8 Å². The molecule has 2 aromatic rings. The van der Waals surface area contributed by atoms with E-state index in [1.807, 2.05) is 4.90 Å². The van der Waals surface area contributed by atoms with Crippen LogP contribution < -0.4 is 4.90 Å². The fraction of sp³-hybridized carbons (Fsp3) is 0.531. The number of carbonyl (C=O) groups excluding carboxylic acids is 1. The van der Waals surface area contributed by atoms with E-state index in [2.05, 4.69) is 46.0 Å². The van der Waals surface area contributed by atoms with Crippen molar-refractivity contribution in [3.8, 4) is 0 Å². The smallest absolute Gasteiger partial charge is 0.369 e. The Morgan fingerprint density at radius 1 is 0.875 bits per heavy atom. The van der Waals surface area contributed by atoms with Gasteiger partial charge >= 0.3 is 6.18 Å². The van der Waals surface area contributed by atoms with Crippen LogP contribution >= 0.6 is 0 Å². The van der Waals surface area contributed by atoms with Gasteiger partial charge in [0.15, 0.2) is 0 Å². The van der Waals surface area contributed by atoms with Crippen molar-refractivity contribution in [3.63, 3.8) is 0 Å². The van der Waals surface area contributed by atoms with Crippen molar-refractivity contribution in [2.75, 3.05) is 51.2 Å². The molecule has 3 fully saturated rings. The molecule has 1 aliphatic carbocycles.